The van der Waals surface area contributed by atoms with Crippen molar-refractivity contribution in [2.24, 2.45) is 0 Å². The minimum Gasteiger partial charge on any atom is -0.497 e. The van der Waals surface area contributed by atoms with Crippen LogP contribution in [-0.2, 0) is 0 Å². The van der Waals surface area contributed by atoms with Gasteiger partial charge in [0, 0.05) is 49.1 Å². The summed E-state index contributed by atoms with van der Waals surface area (Å²) in [5.74, 6) is -1.01. The van der Waals surface area contributed by atoms with Gasteiger partial charge >= 0.3 is 0 Å². The molecule has 10 rings (SSSR count). The predicted molar refractivity (Wildman–Crippen MR) is 207 cm³/mol. The van der Waals surface area contributed by atoms with Crippen LogP contribution in [0.1, 0.15) is 11.1 Å². The molecular formula is C44H24F2N4O2S. The quantitative estimate of drug-likeness (QED) is 0.178. The zero-order valence-electron chi connectivity index (χ0n) is 28.2. The van der Waals surface area contributed by atoms with Gasteiger partial charge in [-0.05, 0) is 89.3 Å². The van der Waals surface area contributed by atoms with Crippen LogP contribution in [0.15, 0.2) is 109 Å². The van der Waals surface area contributed by atoms with Crippen LogP contribution in [0.25, 0.3) is 87.2 Å². The lowest BCUT2D eigenvalue weighted by Crippen LogP contribution is -2.04. The molecule has 0 aliphatic rings. The highest BCUT2D eigenvalue weighted by molar-refractivity contribution is 7.17. The van der Waals surface area contributed by atoms with Crippen molar-refractivity contribution in [1.29, 1.82) is 10.5 Å². The van der Waals surface area contributed by atoms with Gasteiger partial charge in [0.15, 0.2) is 11.6 Å². The van der Waals surface area contributed by atoms with E-state index >= 15 is 8.78 Å². The molecule has 9 heteroatoms. The number of thiophene rings is 1. The Kier molecular flexibility index (Phi) is 6.57. The number of nitrogens with zero attached hydrogens (tertiary/aromatic N) is 4. The Morgan fingerprint density at radius 3 is 1.85 bits per heavy atom. The summed E-state index contributed by atoms with van der Waals surface area (Å²) in [5.41, 5.74) is 3.98. The molecule has 0 aliphatic carbocycles. The van der Waals surface area contributed by atoms with E-state index in [9.17, 15) is 10.5 Å². The SMILES string of the molecule is COc1ccc2c(c1)c1cc(OC)ccc1n2-c1cccc(-c2c(F)c(F)c(-c3cc4c5ccccc5n5c6sccc6c(c3)c45)c(C#N)c2C#N)c1. The van der Waals surface area contributed by atoms with Gasteiger partial charge in [-0.3, -0.25) is 4.40 Å². The van der Waals surface area contributed by atoms with E-state index in [1.165, 1.54) is 0 Å². The van der Waals surface area contributed by atoms with E-state index in [1.54, 1.807) is 49.8 Å². The van der Waals surface area contributed by atoms with Crippen LogP contribution in [0, 0.1) is 34.3 Å². The Hall–Kier alpha value is -6.94. The molecular weight excluding hydrogens is 687 g/mol. The fraction of sp³-hybridized carbons (Fsp3) is 0.0455. The number of hydrogen-bond donors (Lipinski definition) is 0. The van der Waals surface area contributed by atoms with Gasteiger partial charge in [0.2, 0.25) is 0 Å². The van der Waals surface area contributed by atoms with Crippen LogP contribution in [0.3, 0.4) is 0 Å². The third-order valence-electron chi connectivity index (χ3n) is 10.4. The molecule has 4 aromatic heterocycles. The first-order valence-corrected chi connectivity index (χ1v) is 17.6. The van der Waals surface area contributed by atoms with E-state index in [1.807, 2.05) is 88.8 Å². The molecule has 0 unspecified atom stereocenters. The second kappa shape index (κ2) is 11.3. The largest absolute Gasteiger partial charge is 0.497 e. The van der Waals surface area contributed by atoms with Crippen LogP contribution in [0.5, 0.6) is 11.5 Å². The zero-order valence-corrected chi connectivity index (χ0v) is 29.0. The molecule has 0 N–H and O–H groups in total. The van der Waals surface area contributed by atoms with Crippen molar-refractivity contribution < 1.29 is 18.3 Å². The molecule has 4 heterocycles. The average molecular weight is 711 g/mol. The molecule has 0 aliphatic heterocycles. The van der Waals surface area contributed by atoms with Gasteiger partial charge in [-0.15, -0.1) is 11.3 Å². The molecule has 252 valence electrons. The van der Waals surface area contributed by atoms with E-state index in [2.05, 4.69) is 16.5 Å². The molecule has 0 radical (unpaired) electrons. The first-order valence-electron chi connectivity index (χ1n) is 16.7. The average Bonchev–Trinajstić information content (AvgIpc) is 3.96. The Morgan fingerprint density at radius 1 is 0.585 bits per heavy atom. The number of nitriles is 2. The van der Waals surface area contributed by atoms with Gasteiger partial charge in [-0.1, -0.05) is 30.3 Å². The maximum Gasteiger partial charge on any atom is 0.168 e. The highest BCUT2D eigenvalue weighted by Gasteiger charge is 2.29. The second-order valence-electron chi connectivity index (χ2n) is 12.9. The van der Waals surface area contributed by atoms with E-state index in [0.717, 1.165) is 59.2 Å². The lowest BCUT2D eigenvalue weighted by molar-refractivity contribution is 0.415. The summed E-state index contributed by atoms with van der Waals surface area (Å²) in [6.07, 6.45) is 0. The summed E-state index contributed by atoms with van der Waals surface area (Å²) in [4.78, 5) is 1.05. The molecule has 0 atom stereocenters. The fourth-order valence-electron chi connectivity index (χ4n) is 8.11. The normalized spacial score (nSPS) is 11.7. The van der Waals surface area contributed by atoms with Crippen molar-refractivity contribution in [3.63, 3.8) is 0 Å². The summed E-state index contributed by atoms with van der Waals surface area (Å²) in [6.45, 7) is 0. The molecule has 6 aromatic carbocycles. The molecule has 0 amide bonds. The fourth-order valence-corrected chi connectivity index (χ4v) is 9.04. The Balaban J connectivity index is 1.21. The van der Waals surface area contributed by atoms with Crippen molar-refractivity contribution >= 4 is 70.6 Å². The van der Waals surface area contributed by atoms with Gasteiger partial charge in [0.1, 0.15) is 28.5 Å². The van der Waals surface area contributed by atoms with Crippen LogP contribution in [-0.4, -0.2) is 23.2 Å². The van der Waals surface area contributed by atoms with E-state index in [0.29, 0.717) is 22.7 Å². The molecule has 0 spiro atoms. The number of ether oxygens (including phenoxy) is 2. The van der Waals surface area contributed by atoms with E-state index in [-0.39, 0.29) is 27.8 Å². The number of benzene rings is 6. The van der Waals surface area contributed by atoms with Gasteiger partial charge in [0.05, 0.1) is 47.4 Å². The van der Waals surface area contributed by atoms with E-state index < -0.39 is 11.6 Å². The van der Waals surface area contributed by atoms with Gasteiger partial charge < -0.3 is 14.0 Å². The number of aromatic nitrogens is 2. The second-order valence-corrected chi connectivity index (χ2v) is 13.8. The van der Waals surface area contributed by atoms with Gasteiger partial charge in [-0.2, -0.15) is 10.5 Å². The third-order valence-corrected chi connectivity index (χ3v) is 11.3. The molecule has 6 nitrogen and oxygen atoms in total. The van der Waals surface area contributed by atoms with E-state index in [4.69, 9.17) is 9.47 Å². The number of halogens is 2. The number of methoxy groups -OCH3 is 2. The molecule has 0 bridgehead atoms. The molecule has 0 saturated carbocycles. The minimum atomic E-state index is -1.19. The number of hydrogen-bond acceptors (Lipinski definition) is 5. The zero-order chi connectivity index (χ0) is 36.1. The maximum atomic E-state index is 16.8. The molecule has 0 saturated heterocycles. The highest BCUT2D eigenvalue weighted by atomic mass is 32.1. The Labute approximate surface area is 304 Å². The van der Waals surface area contributed by atoms with Crippen molar-refractivity contribution in [2.75, 3.05) is 14.2 Å². The maximum absolute atomic E-state index is 16.8. The number of fused-ring (bicyclic) bond motifs is 9. The number of para-hydroxylation sites is 1. The van der Waals surface area contributed by atoms with Crippen molar-refractivity contribution in [3.05, 3.63) is 131 Å². The first-order chi connectivity index (χ1) is 25.9. The van der Waals surface area contributed by atoms with Crippen molar-refractivity contribution in [3.8, 4) is 51.6 Å². The van der Waals surface area contributed by atoms with Crippen LogP contribution >= 0.6 is 11.3 Å². The van der Waals surface area contributed by atoms with Crippen molar-refractivity contribution in [2.45, 2.75) is 0 Å². The van der Waals surface area contributed by atoms with Gasteiger partial charge in [-0.25, -0.2) is 8.78 Å². The van der Waals surface area contributed by atoms with Crippen molar-refractivity contribution in [1.82, 2.24) is 8.97 Å². The summed E-state index contributed by atoms with van der Waals surface area (Å²) in [6, 6.07) is 36.2. The lowest BCUT2D eigenvalue weighted by Gasteiger charge is -2.16. The Bertz CT molecular complexity index is 3210. The Morgan fingerprint density at radius 2 is 1.21 bits per heavy atom. The van der Waals surface area contributed by atoms with Crippen LogP contribution < -0.4 is 9.47 Å². The number of rotatable bonds is 5. The highest BCUT2D eigenvalue weighted by Crippen LogP contribution is 2.46. The summed E-state index contributed by atoms with van der Waals surface area (Å²) in [7, 11) is 3.22. The van der Waals surface area contributed by atoms with Gasteiger partial charge in [0.25, 0.3) is 0 Å². The molecule has 53 heavy (non-hydrogen) atoms. The monoisotopic (exact) mass is 710 g/mol. The minimum absolute atomic E-state index is 0.221. The lowest BCUT2D eigenvalue weighted by atomic mass is 9.88. The smallest absolute Gasteiger partial charge is 0.168 e. The standard InChI is InChI=1S/C44H24F2N4O2S/c1-51-26-10-12-37-30(19-26)31-20-27(52-2)11-13-38(31)49(37)25-7-5-6-23(16-25)39-34(21-47)35(22-48)40(42(46)41(39)45)24-17-32-28-8-3-4-9-36(28)50-43(32)33(18-24)29-14-15-53-44(29)50/h3-20H,1-2H3. The topological polar surface area (TPSA) is 75.4 Å². The first kappa shape index (κ1) is 30.8. The van der Waals surface area contributed by atoms with Crippen LogP contribution in [0.4, 0.5) is 8.78 Å². The summed E-state index contributed by atoms with van der Waals surface area (Å²) in [5, 5.41) is 28.7. The third kappa shape index (κ3) is 4.14. The molecule has 10 aromatic rings. The molecule has 0 fully saturated rings. The predicted octanol–water partition coefficient (Wildman–Crippen LogP) is 11.4. The summed E-state index contributed by atoms with van der Waals surface area (Å²) >= 11 is 1.61. The summed E-state index contributed by atoms with van der Waals surface area (Å²) < 4.78 is 48.8. The van der Waals surface area contributed by atoms with Crippen LogP contribution in [0.2, 0.25) is 0 Å².